The molecule has 1 aromatic heterocycles. The second kappa shape index (κ2) is 15.1. The molecule has 45 heavy (non-hydrogen) atoms. The van der Waals surface area contributed by atoms with Crippen LogP contribution in [0.15, 0.2) is 103 Å². The highest BCUT2D eigenvalue weighted by molar-refractivity contribution is 5.96. The standard InChI is InChI=1S/C33H35N5O7/c1-21(40)29(37-31(43)23-13-7-3-8-14-23)33(45,38-32(44)24-15-9-4-10-16-24)28-19-34-25(18-35-28)17-27(41)26(20-39)36-30(42)22-11-5-2-6-12-22/h2-16,18-19,21,26-27,29,39-41,45H,17,20H2,1H3,(H,36,42)(H,37,43)(H,38,44)/t21-,26-,27-,29-,33?/m0/s1. The van der Waals surface area contributed by atoms with E-state index in [0.29, 0.717) is 5.56 Å². The first kappa shape index (κ1) is 32.9. The number of aromatic nitrogens is 2. The zero-order valence-electron chi connectivity index (χ0n) is 24.4. The second-order valence-corrected chi connectivity index (χ2v) is 10.4. The van der Waals surface area contributed by atoms with Gasteiger partial charge in [-0.25, -0.2) is 0 Å². The van der Waals surface area contributed by atoms with Crippen LogP contribution in [-0.2, 0) is 12.1 Å². The lowest BCUT2D eigenvalue weighted by Crippen LogP contribution is -2.64. The second-order valence-electron chi connectivity index (χ2n) is 10.4. The van der Waals surface area contributed by atoms with Gasteiger partial charge in [-0.3, -0.25) is 24.4 Å². The first-order chi connectivity index (χ1) is 21.6. The van der Waals surface area contributed by atoms with Gasteiger partial charge < -0.3 is 36.4 Å². The topological polar surface area (TPSA) is 194 Å². The molecule has 0 fully saturated rings. The van der Waals surface area contributed by atoms with E-state index in [1.54, 1.807) is 78.9 Å². The van der Waals surface area contributed by atoms with Crippen molar-refractivity contribution < 1.29 is 34.8 Å². The molecule has 1 heterocycles. The average Bonchev–Trinajstić information content (AvgIpc) is 3.07. The lowest BCUT2D eigenvalue weighted by molar-refractivity contribution is -0.0659. The highest BCUT2D eigenvalue weighted by Crippen LogP contribution is 2.24. The normalized spacial score (nSPS) is 15.0. The first-order valence-electron chi connectivity index (χ1n) is 14.2. The molecule has 0 radical (unpaired) electrons. The number of aliphatic hydroxyl groups excluding tert-OH is 3. The van der Waals surface area contributed by atoms with Gasteiger partial charge in [-0.2, -0.15) is 0 Å². The van der Waals surface area contributed by atoms with Crippen LogP contribution in [0.5, 0.6) is 0 Å². The Bertz CT molecular complexity index is 1560. The quantitative estimate of drug-likeness (QED) is 0.107. The van der Waals surface area contributed by atoms with Crippen LogP contribution in [0.1, 0.15) is 49.4 Å². The van der Waals surface area contributed by atoms with Crippen LogP contribution in [0.2, 0.25) is 0 Å². The van der Waals surface area contributed by atoms with Gasteiger partial charge in [0.15, 0.2) is 0 Å². The van der Waals surface area contributed by atoms with Gasteiger partial charge in [0.05, 0.1) is 36.7 Å². The van der Waals surface area contributed by atoms with Crippen molar-refractivity contribution in [1.29, 1.82) is 0 Å². The molecule has 4 rings (SSSR count). The molecule has 12 nitrogen and oxygen atoms in total. The molecule has 12 heteroatoms. The summed E-state index contributed by atoms with van der Waals surface area (Å²) in [5.74, 6) is -1.80. The number of carbonyl (C=O) groups excluding carboxylic acids is 3. The van der Waals surface area contributed by atoms with Crippen molar-refractivity contribution in [2.75, 3.05) is 6.61 Å². The van der Waals surface area contributed by atoms with Crippen molar-refractivity contribution in [2.45, 2.75) is 43.4 Å². The van der Waals surface area contributed by atoms with Gasteiger partial charge in [-0.05, 0) is 43.3 Å². The molecule has 0 aliphatic carbocycles. The fourth-order valence-electron chi connectivity index (χ4n) is 4.64. The molecule has 0 bridgehead atoms. The van der Waals surface area contributed by atoms with Crippen LogP contribution < -0.4 is 16.0 Å². The molecule has 7 N–H and O–H groups in total. The van der Waals surface area contributed by atoms with Gasteiger partial charge in [0.2, 0.25) is 5.72 Å². The van der Waals surface area contributed by atoms with Crippen LogP contribution in [-0.4, -0.2) is 79.0 Å². The number of hydrogen-bond donors (Lipinski definition) is 7. The summed E-state index contributed by atoms with van der Waals surface area (Å²) in [6.07, 6.45) is -0.389. The predicted molar refractivity (Wildman–Crippen MR) is 164 cm³/mol. The molecular formula is C33H35N5O7. The summed E-state index contributed by atoms with van der Waals surface area (Å²) in [7, 11) is 0. The van der Waals surface area contributed by atoms with E-state index in [1.807, 2.05) is 0 Å². The minimum atomic E-state index is -2.45. The Morgan fingerprint density at radius 2 is 1.22 bits per heavy atom. The van der Waals surface area contributed by atoms with Crippen LogP contribution in [0, 0.1) is 0 Å². The van der Waals surface area contributed by atoms with E-state index in [-0.39, 0.29) is 28.9 Å². The summed E-state index contributed by atoms with van der Waals surface area (Å²) < 4.78 is 0. The zero-order valence-corrected chi connectivity index (χ0v) is 24.4. The molecule has 0 aliphatic rings. The molecule has 0 saturated heterocycles. The molecule has 234 valence electrons. The minimum Gasteiger partial charge on any atom is -0.394 e. The van der Waals surface area contributed by atoms with Crippen molar-refractivity contribution in [2.24, 2.45) is 0 Å². The van der Waals surface area contributed by atoms with Crippen LogP contribution in [0.4, 0.5) is 0 Å². The number of nitrogens with one attached hydrogen (secondary N) is 3. The number of amides is 3. The summed E-state index contributed by atoms with van der Waals surface area (Å²) in [6, 6.07) is 22.0. The molecule has 3 aromatic carbocycles. The molecule has 0 aliphatic heterocycles. The van der Waals surface area contributed by atoms with Gasteiger partial charge in [0.1, 0.15) is 11.7 Å². The highest BCUT2D eigenvalue weighted by Gasteiger charge is 2.45. The molecule has 1 unspecified atom stereocenters. The van der Waals surface area contributed by atoms with Crippen molar-refractivity contribution in [3.8, 4) is 0 Å². The number of aliphatic hydroxyl groups is 4. The van der Waals surface area contributed by atoms with Crippen molar-refractivity contribution >= 4 is 17.7 Å². The zero-order chi connectivity index (χ0) is 32.4. The Balaban J connectivity index is 1.58. The Labute approximate surface area is 259 Å². The van der Waals surface area contributed by atoms with Gasteiger partial charge in [0.25, 0.3) is 17.7 Å². The molecule has 0 spiro atoms. The predicted octanol–water partition coefficient (Wildman–Crippen LogP) is 0.925. The number of carbonyl (C=O) groups is 3. The van der Waals surface area contributed by atoms with Gasteiger partial charge in [-0.1, -0.05) is 54.6 Å². The minimum absolute atomic E-state index is 0.132. The maximum Gasteiger partial charge on any atom is 0.253 e. The molecule has 3 amide bonds. The van der Waals surface area contributed by atoms with E-state index in [4.69, 9.17) is 0 Å². The fraction of sp³-hybridized carbons (Fsp3) is 0.242. The first-order valence-corrected chi connectivity index (χ1v) is 14.2. The SMILES string of the molecule is C[C@H](O)[C@H](NC(=O)c1ccccc1)C(O)(NC(=O)c1ccccc1)c1cnc(C[C@H](O)[C@H](CO)NC(=O)c2ccccc2)cn1. The average molecular weight is 614 g/mol. The number of benzene rings is 3. The number of hydrogen-bond acceptors (Lipinski definition) is 9. The molecule has 5 atom stereocenters. The monoisotopic (exact) mass is 613 g/mol. The Kier molecular flexibility index (Phi) is 11.1. The summed E-state index contributed by atoms with van der Waals surface area (Å²) in [6.45, 7) is 0.792. The number of nitrogens with zero attached hydrogens (tertiary/aromatic N) is 2. The van der Waals surface area contributed by atoms with E-state index < -0.39 is 54.3 Å². The van der Waals surface area contributed by atoms with E-state index in [9.17, 15) is 34.8 Å². The third-order valence-electron chi connectivity index (χ3n) is 7.12. The van der Waals surface area contributed by atoms with Crippen LogP contribution in [0.3, 0.4) is 0 Å². The van der Waals surface area contributed by atoms with Gasteiger partial charge in [-0.15, -0.1) is 0 Å². The highest BCUT2D eigenvalue weighted by atomic mass is 16.3. The summed E-state index contributed by atoms with van der Waals surface area (Å²) in [4.78, 5) is 47.4. The van der Waals surface area contributed by atoms with Crippen LogP contribution >= 0.6 is 0 Å². The van der Waals surface area contributed by atoms with E-state index in [1.165, 1.54) is 25.3 Å². The lowest BCUT2D eigenvalue weighted by Gasteiger charge is -2.38. The maximum atomic E-state index is 13.2. The van der Waals surface area contributed by atoms with Gasteiger partial charge >= 0.3 is 0 Å². The summed E-state index contributed by atoms with van der Waals surface area (Å²) in [5, 5.41) is 51.0. The third kappa shape index (κ3) is 8.34. The van der Waals surface area contributed by atoms with Crippen molar-refractivity contribution in [3.05, 3.63) is 131 Å². The molecule has 4 aromatic rings. The lowest BCUT2D eigenvalue weighted by atomic mass is 9.94. The van der Waals surface area contributed by atoms with Crippen molar-refractivity contribution in [3.63, 3.8) is 0 Å². The van der Waals surface area contributed by atoms with E-state index >= 15 is 0 Å². The smallest absolute Gasteiger partial charge is 0.253 e. The summed E-state index contributed by atoms with van der Waals surface area (Å²) >= 11 is 0. The Hall–Kier alpha value is -5.01. The van der Waals surface area contributed by atoms with Crippen LogP contribution in [0.25, 0.3) is 0 Å². The fourth-order valence-corrected chi connectivity index (χ4v) is 4.64. The largest absolute Gasteiger partial charge is 0.394 e. The van der Waals surface area contributed by atoms with E-state index in [0.717, 1.165) is 6.20 Å². The third-order valence-corrected chi connectivity index (χ3v) is 7.12. The summed E-state index contributed by atoms with van der Waals surface area (Å²) in [5.41, 5.74) is -1.61. The Morgan fingerprint density at radius 3 is 1.67 bits per heavy atom. The van der Waals surface area contributed by atoms with Crippen molar-refractivity contribution in [1.82, 2.24) is 25.9 Å². The number of rotatable bonds is 13. The molecular weight excluding hydrogens is 578 g/mol. The van der Waals surface area contributed by atoms with E-state index in [2.05, 4.69) is 25.9 Å². The van der Waals surface area contributed by atoms with Gasteiger partial charge in [0, 0.05) is 29.3 Å². The Morgan fingerprint density at radius 1 is 0.733 bits per heavy atom. The maximum absolute atomic E-state index is 13.2. The molecule has 0 saturated carbocycles.